The average molecular weight is 181 g/mol. The number of hydrogen-bond acceptors (Lipinski definition) is 3. The fourth-order valence-electron chi connectivity index (χ4n) is 1.60. The van der Waals surface area contributed by atoms with Gasteiger partial charge in [-0.3, -0.25) is 0 Å². The number of morpholine rings is 1. The SMILES string of the molecule is NCC1CN(c2ccc[nH]2)CCO1. The molecule has 13 heavy (non-hydrogen) atoms. The molecule has 1 saturated heterocycles. The Balaban J connectivity index is 2.00. The average Bonchev–Trinajstić information content (AvgIpc) is 2.71. The van der Waals surface area contributed by atoms with Crippen molar-refractivity contribution in [2.75, 3.05) is 31.1 Å². The summed E-state index contributed by atoms with van der Waals surface area (Å²) in [6.07, 6.45) is 2.11. The highest BCUT2D eigenvalue weighted by Crippen LogP contribution is 2.14. The number of rotatable bonds is 2. The number of nitrogens with one attached hydrogen (secondary N) is 1. The molecule has 1 atom stereocenters. The molecule has 1 fully saturated rings. The van der Waals surface area contributed by atoms with Crippen molar-refractivity contribution in [1.82, 2.24) is 4.98 Å². The Morgan fingerprint density at radius 1 is 1.69 bits per heavy atom. The van der Waals surface area contributed by atoms with Crippen molar-refractivity contribution in [3.63, 3.8) is 0 Å². The Morgan fingerprint density at radius 2 is 2.62 bits per heavy atom. The normalized spacial score (nSPS) is 23.5. The van der Waals surface area contributed by atoms with E-state index in [0.29, 0.717) is 6.54 Å². The summed E-state index contributed by atoms with van der Waals surface area (Å²) in [6, 6.07) is 4.07. The molecule has 0 bridgehead atoms. The maximum absolute atomic E-state index is 5.56. The first-order valence-electron chi connectivity index (χ1n) is 4.60. The number of aromatic nitrogens is 1. The molecule has 3 N–H and O–H groups in total. The second kappa shape index (κ2) is 3.81. The van der Waals surface area contributed by atoms with Crippen LogP contribution in [0.4, 0.5) is 5.82 Å². The smallest absolute Gasteiger partial charge is 0.105 e. The van der Waals surface area contributed by atoms with Gasteiger partial charge in [-0.25, -0.2) is 0 Å². The molecule has 4 heteroatoms. The van der Waals surface area contributed by atoms with Crippen molar-refractivity contribution in [2.24, 2.45) is 5.73 Å². The maximum atomic E-state index is 5.56. The minimum Gasteiger partial charge on any atom is -0.373 e. The van der Waals surface area contributed by atoms with Gasteiger partial charge in [0.15, 0.2) is 0 Å². The van der Waals surface area contributed by atoms with E-state index < -0.39 is 0 Å². The molecule has 0 saturated carbocycles. The lowest BCUT2D eigenvalue weighted by atomic mass is 10.3. The molecule has 72 valence electrons. The predicted molar refractivity (Wildman–Crippen MR) is 51.8 cm³/mol. The summed E-state index contributed by atoms with van der Waals surface area (Å²) in [4.78, 5) is 5.45. The molecular weight excluding hydrogens is 166 g/mol. The summed E-state index contributed by atoms with van der Waals surface area (Å²) in [7, 11) is 0. The van der Waals surface area contributed by atoms with Crippen LogP contribution in [0.2, 0.25) is 0 Å². The summed E-state index contributed by atoms with van der Waals surface area (Å²) >= 11 is 0. The zero-order valence-electron chi connectivity index (χ0n) is 7.57. The van der Waals surface area contributed by atoms with Crippen LogP contribution in [-0.2, 0) is 4.74 Å². The molecule has 0 spiro atoms. The van der Waals surface area contributed by atoms with Gasteiger partial charge in [-0.1, -0.05) is 0 Å². The first kappa shape index (κ1) is 8.59. The van der Waals surface area contributed by atoms with Crippen molar-refractivity contribution in [3.05, 3.63) is 18.3 Å². The standard InChI is InChI=1S/C9H15N3O/c10-6-8-7-12(4-5-13-8)9-2-1-3-11-9/h1-3,8,11H,4-7,10H2. The lowest BCUT2D eigenvalue weighted by molar-refractivity contribution is 0.0463. The summed E-state index contributed by atoms with van der Waals surface area (Å²) in [5.74, 6) is 1.15. The van der Waals surface area contributed by atoms with Gasteiger partial charge < -0.3 is 20.4 Å². The van der Waals surface area contributed by atoms with Crippen LogP contribution in [-0.4, -0.2) is 37.3 Å². The molecule has 0 radical (unpaired) electrons. The van der Waals surface area contributed by atoms with Crippen LogP contribution in [0.25, 0.3) is 0 Å². The Bertz CT molecular complexity index is 247. The van der Waals surface area contributed by atoms with Gasteiger partial charge in [-0.05, 0) is 12.1 Å². The van der Waals surface area contributed by atoms with Crippen LogP contribution in [0.1, 0.15) is 0 Å². The summed E-state index contributed by atoms with van der Waals surface area (Å²) < 4.78 is 5.47. The molecule has 1 aromatic heterocycles. The van der Waals surface area contributed by atoms with Crippen molar-refractivity contribution in [1.29, 1.82) is 0 Å². The Morgan fingerprint density at radius 3 is 3.31 bits per heavy atom. The third kappa shape index (κ3) is 1.84. The van der Waals surface area contributed by atoms with Gasteiger partial charge in [0.05, 0.1) is 12.7 Å². The number of aromatic amines is 1. The minimum atomic E-state index is 0.178. The van der Waals surface area contributed by atoms with E-state index in [1.54, 1.807) is 0 Å². The van der Waals surface area contributed by atoms with E-state index >= 15 is 0 Å². The van der Waals surface area contributed by atoms with Crippen LogP contribution < -0.4 is 10.6 Å². The highest BCUT2D eigenvalue weighted by Gasteiger charge is 2.19. The monoisotopic (exact) mass is 181 g/mol. The molecule has 0 aromatic carbocycles. The van der Waals surface area contributed by atoms with E-state index in [1.807, 2.05) is 12.3 Å². The van der Waals surface area contributed by atoms with Gasteiger partial charge >= 0.3 is 0 Å². The second-order valence-corrected chi connectivity index (χ2v) is 3.23. The summed E-state index contributed by atoms with van der Waals surface area (Å²) in [6.45, 7) is 3.19. The minimum absolute atomic E-state index is 0.178. The number of anilines is 1. The maximum Gasteiger partial charge on any atom is 0.105 e. The van der Waals surface area contributed by atoms with E-state index in [4.69, 9.17) is 10.5 Å². The third-order valence-corrected chi connectivity index (χ3v) is 2.32. The van der Waals surface area contributed by atoms with Gasteiger partial charge in [0.2, 0.25) is 0 Å². The molecular formula is C9H15N3O. The van der Waals surface area contributed by atoms with Crippen LogP contribution in [0, 0.1) is 0 Å². The van der Waals surface area contributed by atoms with E-state index in [-0.39, 0.29) is 6.10 Å². The van der Waals surface area contributed by atoms with E-state index in [2.05, 4.69) is 16.0 Å². The zero-order valence-corrected chi connectivity index (χ0v) is 7.57. The molecule has 4 nitrogen and oxygen atoms in total. The molecule has 1 aliphatic rings. The molecule has 1 aromatic rings. The first-order valence-corrected chi connectivity index (χ1v) is 4.60. The summed E-state index contributed by atoms with van der Waals surface area (Å²) in [5, 5.41) is 0. The lowest BCUT2D eigenvalue weighted by Crippen LogP contribution is -2.45. The van der Waals surface area contributed by atoms with Crippen LogP contribution in [0.3, 0.4) is 0 Å². The Kier molecular flexibility index (Phi) is 2.52. The topological polar surface area (TPSA) is 54.3 Å². The quantitative estimate of drug-likeness (QED) is 0.684. The second-order valence-electron chi connectivity index (χ2n) is 3.23. The van der Waals surface area contributed by atoms with Crippen LogP contribution >= 0.6 is 0 Å². The highest BCUT2D eigenvalue weighted by molar-refractivity contribution is 5.39. The van der Waals surface area contributed by atoms with Gasteiger partial charge in [0.25, 0.3) is 0 Å². The predicted octanol–water partition coefficient (Wildman–Crippen LogP) is 0.179. The molecule has 2 heterocycles. The fraction of sp³-hybridized carbons (Fsp3) is 0.556. The zero-order chi connectivity index (χ0) is 9.10. The van der Waals surface area contributed by atoms with E-state index in [1.165, 1.54) is 0 Å². The highest BCUT2D eigenvalue weighted by atomic mass is 16.5. The van der Waals surface area contributed by atoms with Gasteiger partial charge in [-0.2, -0.15) is 0 Å². The van der Waals surface area contributed by atoms with Crippen LogP contribution in [0.15, 0.2) is 18.3 Å². The van der Waals surface area contributed by atoms with Crippen molar-refractivity contribution < 1.29 is 4.74 Å². The molecule has 1 unspecified atom stereocenters. The number of nitrogens with zero attached hydrogens (tertiary/aromatic N) is 1. The van der Waals surface area contributed by atoms with E-state index in [0.717, 1.165) is 25.5 Å². The third-order valence-electron chi connectivity index (χ3n) is 2.32. The fourth-order valence-corrected chi connectivity index (χ4v) is 1.60. The van der Waals surface area contributed by atoms with Crippen LogP contribution in [0.5, 0.6) is 0 Å². The first-order chi connectivity index (χ1) is 6.40. The van der Waals surface area contributed by atoms with E-state index in [9.17, 15) is 0 Å². The Labute approximate surface area is 77.7 Å². The van der Waals surface area contributed by atoms with Crippen molar-refractivity contribution in [3.8, 4) is 0 Å². The number of nitrogens with two attached hydrogens (primary N) is 1. The Hall–Kier alpha value is -1.00. The largest absolute Gasteiger partial charge is 0.373 e. The summed E-state index contributed by atoms with van der Waals surface area (Å²) in [5.41, 5.74) is 5.56. The van der Waals surface area contributed by atoms with Crippen molar-refractivity contribution in [2.45, 2.75) is 6.10 Å². The van der Waals surface area contributed by atoms with Gasteiger partial charge in [-0.15, -0.1) is 0 Å². The van der Waals surface area contributed by atoms with Crippen molar-refractivity contribution >= 4 is 5.82 Å². The molecule has 1 aliphatic heterocycles. The van der Waals surface area contributed by atoms with Gasteiger partial charge in [0.1, 0.15) is 5.82 Å². The molecule has 0 aliphatic carbocycles. The molecule has 2 rings (SSSR count). The van der Waals surface area contributed by atoms with Gasteiger partial charge in [0, 0.05) is 25.8 Å². The number of ether oxygens (including phenoxy) is 1. The number of H-pyrrole nitrogens is 1. The lowest BCUT2D eigenvalue weighted by Gasteiger charge is -2.32. The molecule has 0 amide bonds. The number of hydrogen-bond donors (Lipinski definition) is 2.